The molecule has 2 bridgehead atoms. The van der Waals surface area contributed by atoms with Crippen LogP contribution >= 0.6 is 0 Å². The third-order valence-electron chi connectivity index (χ3n) is 3.35. The van der Waals surface area contributed by atoms with Crippen LogP contribution in [0.4, 0.5) is 0 Å². The minimum atomic E-state index is 0.795. The van der Waals surface area contributed by atoms with Gasteiger partial charge in [0.05, 0.1) is 0 Å². The van der Waals surface area contributed by atoms with E-state index in [9.17, 15) is 0 Å². The van der Waals surface area contributed by atoms with Gasteiger partial charge in [-0.3, -0.25) is 0 Å². The highest BCUT2D eigenvalue weighted by atomic mass is 14.4. The Bertz CT molecular complexity index is 190. The van der Waals surface area contributed by atoms with Crippen molar-refractivity contribution in [2.24, 2.45) is 17.8 Å². The van der Waals surface area contributed by atoms with Gasteiger partial charge in [-0.05, 0) is 49.5 Å². The van der Waals surface area contributed by atoms with Crippen molar-refractivity contribution in [2.75, 3.05) is 0 Å². The van der Waals surface area contributed by atoms with Gasteiger partial charge in [0.25, 0.3) is 0 Å². The Balaban J connectivity index is 1.86. The molecule has 0 heterocycles. The lowest BCUT2D eigenvalue weighted by Gasteiger charge is -2.16. The maximum absolute atomic E-state index is 3.70. The summed E-state index contributed by atoms with van der Waals surface area (Å²) < 4.78 is 0. The van der Waals surface area contributed by atoms with E-state index in [2.05, 4.69) is 18.7 Å². The first kappa shape index (κ1) is 8.10. The van der Waals surface area contributed by atoms with E-state index in [-0.39, 0.29) is 0 Å². The predicted octanol–water partition coefficient (Wildman–Crippen LogP) is 3.36. The molecule has 0 nitrogen and oxygen atoms in total. The fourth-order valence-electron chi connectivity index (χ4n) is 2.75. The zero-order chi connectivity index (χ0) is 8.39. The quantitative estimate of drug-likeness (QED) is 0.557. The zero-order valence-corrected chi connectivity index (χ0v) is 7.63. The molecule has 0 aliphatic heterocycles. The summed E-state index contributed by atoms with van der Waals surface area (Å²) in [5, 5.41) is 0. The van der Waals surface area contributed by atoms with E-state index in [4.69, 9.17) is 0 Å². The standard InChI is InChI=1S/C12H17/c1-2-3-4-5-11-8-10-6-7-12(11)9-10/h2,4,10-12H,1,3,6-9H2. The average Bonchev–Trinajstić information content (AvgIpc) is 2.65. The molecule has 0 saturated heterocycles. The van der Waals surface area contributed by atoms with Crippen LogP contribution < -0.4 is 0 Å². The van der Waals surface area contributed by atoms with Crippen molar-refractivity contribution in [1.29, 1.82) is 0 Å². The first-order valence-corrected chi connectivity index (χ1v) is 5.08. The maximum Gasteiger partial charge on any atom is -0.0131 e. The third-order valence-corrected chi connectivity index (χ3v) is 3.35. The van der Waals surface area contributed by atoms with Crippen LogP contribution in [0.1, 0.15) is 32.1 Å². The predicted molar refractivity (Wildman–Crippen MR) is 51.6 cm³/mol. The van der Waals surface area contributed by atoms with Gasteiger partial charge in [0.15, 0.2) is 0 Å². The molecule has 0 aromatic rings. The largest absolute Gasteiger partial charge is 0.103 e. The molecule has 2 rings (SSSR count). The van der Waals surface area contributed by atoms with Crippen molar-refractivity contribution in [3.63, 3.8) is 0 Å². The Labute approximate surface area is 75.4 Å². The first-order chi connectivity index (χ1) is 5.90. The molecule has 0 spiro atoms. The van der Waals surface area contributed by atoms with Crippen molar-refractivity contribution in [2.45, 2.75) is 32.1 Å². The molecule has 2 fully saturated rings. The van der Waals surface area contributed by atoms with Crippen molar-refractivity contribution in [1.82, 2.24) is 0 Å². The van der Waals surface area contributed by atoms with Gasteiger partial charge in [-0.1, -0.05) is 18.6 Å². The first-order valence-electron chi connectivity index (χ1n) is 5.08. The Morgan fingerprint density at radius 3 is 2.83 bits per heavy atom. The van der Waals surface area contributed by atoms with Gasteiger partial charge in [-0.2, -0.15) is 0 Å². The molecule has 0 amide bonds. The number of rotatable bonds is 3. The molecule has 0 aromatic carbocycles. The highest BCUT2D eigenvalue weighted by molar-refractivity contribution is 4.97. The van der Waals surface area contributed by atoms with E-state index in [0.29, 0.717) is 0 Å². The van der Waals surface area contributed by atoms with Gasteiger partial charge >= 0.3 is 0 Å². The molecule has 2 saturated carbocycles. The smallest absolute Gasteiger partial charge is 0.0131 e. The fourth-order valence-corrected chi connectivity index (χ4v) is 2.75. The molecule has 0 heteroatoms. The molecule has 2 aliphatic rings. The Kier molecular flexibility index (Phi) is 2.34. The minimum Gasteiger partial charge on any atom is -0.103 e. The van der Waals surface area contributed by atoms with Crippen LogP contribution in [-0.2, 0) is 0 Å². The lowest BCUT2D eigenvalue weighted by Crippen LogP contribution is -2.07. The second kappa shape index (κ2) is 3.47. The van der Waals surface area contributed by atoms with Crippen LogP contribution in [0.25, 0.3) is 0 Å². The minimum absolute atomic E-state index is 0.795. The van der Waals surface area contributed by atoms with Crippen molar-refractivity contribution >= 4 is 0 Å². The number of hydrogen-bond acceptors (Lipinski definition) is 0. The molecular formula is C12H17. The topological polar surface area (TPSA) is 0 Å². The van der Waals surface area contributed by atoms with Gasteiger partial charge in [0.2, 0.25) is 0 Å². The summed E-state index contributed by atoms with van der Waals surface area (Å²) in [7, 11) is 0. The molecule has 1 radical (unpaired) electrons. The lowest BCUT2D eigenvalue weighted by atomic mass is 9.88. The summed E-state index contributed by atoms with van der Waals surface area (Å²) in [4.78, 5) is 0. The summed E-state index contributed by atoms with van der Waals surface area (Å²) in [6.45, 7) is 3.70. The summed E-state index contributed by atoms with van der Waals surface area (Å²) in [6, 6.07) is 0. The Morgan fingerprint density at radius 1 is 1.33 bits per heavy atom. The van der Waals surface area contributed by atoms with Gasteiger partial charge < -0.3 is 0 Å². The Hall–Kier alpha value is -0.520. The van der Waals surface area contributed by atoms with Gasteiger partial charge in [0.1, 0.15) is 0 Å². The highest BCUT2D eigenvalue weighted by Gasteiger charge is 2.37. The maximum atomic E-state index is 3.70. The van der Waals surface area contributed by atoms with Crippen LogP contribution in [0.3, 0.4) is 0 Å². The van der Waals surface area contributed by atoms with Crippen molar-refractivity contribution < 1.29 is 0 Å². The molecule has 12 heavy (non-hydrogen) atoms. The molecular weight excluding hydrogens is 144 g/mol. The monoisotopic (exact) mass is 161 g/mol. The number of hydrogen-bond donors (Lipinski definition) is 0. The van der Waals surface area contributed by atoms with E-state index in [1.807, 2.05) is 6.08 Å². The van der Waals surface area contributed by atoms with E-state index >= 15 is 0 Å². The molecule has 0 aromatic heterocycles. The van der Waals surface area contributed by atoms with Crippen LogP contribution in [0.2, 0.25) is 0 Å². The molecule has 65 valence electrons. The van der Waals surface area contributed by atoms with Gasteiger partial charge in [-0.25, -0.2) is 0 Å². The second-order valence-electron chi connectivity index (χ2n) is 4.18. The summed E-state index contributed by atoms with van der Waals surface area (Å²) in [5.74, 6) is 2.82. The van der Waals surface area contributed by atoms with Crippen LogP contribution in [0.15, 0.2) is 18.7 Å². The zero-order valence-electron chi connectivity index (χ0n) is 7.63. The van der Waals surface area contributed by atoms with Crippen LogP contribution in [0, 0.1) is 23.8 Å². The van der Waals surface area contributed by atoms with Gasteiger partial charge in [-0.15, -0.1) is 6.58 Å². The van der Waals surface area contributed by atoms with Crippen LogP contribution in [-0.4, -0.2) is 0 Å². The van der Waals surface area contributed by atoms with Crippen molar-refractivity contribution in [3.8, 4) is 0 Å². The van der Waals surface area contributed by atoms with E-state index in [1.54, 1.807) is 0 Å². The van der Waals surface area contributed by atoms with Crippen molar-refractivity contribution in [3.05, 3.63) is 24.8 Å². The summed E-state index contributed by atoms with van der Waals surface area (Å²) in [6.07, 6.45) is 14.5. The third kappa shape index (κ3) is 1.48. The normalized spacial score (nSPS) is 39.5. The summed E-state index contributed by atoms with van der Waals surface area (Å²) in [5.41, 5.74) is 0. The second-order valence-corrected chi connectivity index (χ2v) is 4.18. The molecule has 2 aliphatic carbocycles. The molecule has 0 N–H and O–H groups in total. The van der Waals surface area contributed by atoms with E-state index in [1.165, 1.54) is 25.7 Å². The number of allylic oxidation sites excluding steroid dienone is 3. The van der Waals surface area contributed by atoms with E-state index < -0.39 is 0 Å². The van der Waals surface area contributed by atoms with Gasteiger partial charge in [0, 0.05) is 0 Å². The van der Waals surface area contributed by atoms with E-state index in [0.717, 1.165) is 24.2 Å². The summed E-state index contributed by atoms with van der Waals surface area (Å²) >= 11 is 0. The Morgan fingerprint density at radius 2 is 2.25 bits per heavy atom. The van der Waals surface area contributed by atoms with Crippen LogP contribution in [0.5, 0.6) is 0 Å². The fraction of sp³-hybridized carbons (Fsp3) is 0.667. The highest BCUT2D eigenvalue weighted by Crippen LogP contribution is 2.48. The molecule has 3 unspecified atom stereocenters. The molecule has 3 atom stereocenters. The average molecular weight is 161 g/mol. The lowest BCUT2D eigenvalue weighted by molar-refractivity contribution is 0.385. The number of fused-ring (bicyclic) bond motifs is 2. The SMILES string of the molecule is C=CC/C=[C]/C1CC2CCC1C2.